The fourth-order valence-corrected chi connectivity index (χ4v) is 3.34. The number of anilines is 1. The summed E-state index contributed by atoms with van der Waals surface area (Å²) in [5, 5.41) is 5.98. The Hall–Kier alpha value is -3.23. The molecule has 1 amide bonds. The van der Waals surface area contributed by atoms with E-state index < -0.39 is 11.7 Å². The number of nitrogens with one attached hydrogen (secondary N) is 2. The number of hydrogen-bond acceptors (Lipinski definition) is 3. The van der Waals surface area contributed by atoms with Crippen LogP contribution in [0.2, 0.25) is 0 Å². The van der Waals surface area contributed by atoms with E-state index in [9.17, 15) is 18.0 Å². The van der Waals surface area contributed by atoms with Crippen molar-refractivity contribution in [3.05, 3.63) is 65.7 Å². The minimum atomic E-state index is -4.35. The molecule has 0 spiro atoms. The number of alkyl halides is 3. The van der Waals surface area contributed by atoms with Gasteiger partial charge in [-0.1, -0.05) is 30.3 Å². The fourth-order valence-electron chi connectivity index (χ4n) is 3.34. The van der Waals surface area contributed by atoms with Gasteiger partial charge >= 0.3 is 6.18 Å². The van der Waals surface area contributed by atoms with E-state index in [1.165, 1.54) is 12.1 Å². The molecule has 1 aliphatic heterocycles. The lowest BCUT2D eigenvalue weighted by Gasteiger charge is -2.36. The molecule has 1 fully saturated rings. The summed E-state index contributed by atoms with van der Waals surface area (Å²) in [6, 6.07) is 15.0. The van der Waals surface area contributed by atoms with Gasteiger partial charge in [0.2, 0.25) is 5.91 Å². The third kappa shape index (κ3) is 6.37. The van der Waals surface area contributed by atoms with Crippen LogP contribution in [0.15, 0.2) is 59.6 Å². The van der Waals surface area contributed by atoms with E-state index >= 15 is 0 Å². The summed E-state index contributed by atoms with van der Waals surface area (Å²) < 4.78 is 37.9. The van der Waals surface area contributed by atoms with Gasteiger partial charge in [-0.05, 0) is 29.8 Å². The quantitative estimate of drug-likeness (QED) is 0.563. The van der Waals surface area contributed by atoms with Gasteiger partial charge in [0.05, 0.1) is 12.1 Å². The van der Waals surface area contributed by atoms with E-state index in [1.807, 2.05) is 23.1 Å². The summed E-state index contributed by atoms with van der Waals surface area (Å²) >= 11 is 0. The average molecular weight is 433 g/mol. The second-order valence-corrected chi connectivity index (χ2v) is 7.18. The van der Waals surface area contributed by atoms with Crippen molar-refractivity contribution >= 4 is 17.6 Å². The van der Waals surface area contributed by atoms with E-state index in [1.54, 1.807) is 7.05 Å². The van der Waals surface area contributed by atoms with Gasteiger partial charge in [-0.2, -0.15) is 13.2 Å². The third-order valence-corrected chi connectivity index (χ3v) is 5.13. The summed E-state index contributed by atoms with van der Waals surface area (Å²) in [7, 11) is 1.57. The van der Waals surface area contributed by atoms with Gasteiger partial charge in [0.15, 0.2) is 5.96 Å². The van der Waals surface area contributed by atoms with Crippen molar-refractivity contribution in [2.24, 2.45) is 4.99 Å². The Morgan fingerprint density at radius 3 is 2.19 bits per heavy atom. The highest BCUT2D eigenvalue weighted by Gasteiger charge is 2.29. The predicted octanol–water partition coefficient (Wildman–Crippen LogP) is 2.72. The number of para-hydroxylation sites is 1. The van der Waals surface area contributed by atoms with Gasteiger partial charge in [-0.3, -0.25) is 9.79 Å². The smallest absolute Gasteiger partial charge is 0.368 e. The molecule has 0 unspecified atom stereocenters. The van der Waals surface area contributed by atoms with E-state index in [-0.39, 0.29) is 12.5 Å². The van der Waals surface area contributed by atoms with Crippen LogP contribution < -0.4 is 15.5 Å². The van der Waals surface area contributed by atoms with E-state index in [4.69, 9.17) is 0 Å². The molecule has 0 atom stereocenters. The summed E-state index contributed by atoms with van der Waals surface area (Å²) in [4.78, 5) is 20.7. The van der Waals surface area contributed by atoms with Crippen LogP contribution in [0.3, 0.4) is 0 Å². The van der Waals surface area contributed by atoms with Crippen molar-refractivity contribution in [2.45, 2.75) is 12.7 Å². The molecule has 6 nitrogen and oxygen atoms in total. The largest absolute Gasteiger partial charge is 0.416 e. The lowest BCUT2D eigenvalue weighted by atomic mass is 10.1. The molecular weight excluding hydrogens is 407 g/mol. The van der Waals surface area contributed by atoms with Crippen molar-refractivity contribution < 1.29 is 18.0 Å². The topological polar surface area (TPSA) is 60.0 Å². The van der Waals surface area contributed by atoms with Gasteiger partial charge in [0.25, 0.3) is 0 Å². The van der Waals surface area contributed by atoms with E-state index in [2.05, 4.69) is 32.7 Å². The molecule has 1 saturated heterocycles. The first-order chi connectivity index (χ1) is 14.9. The Balaban J connectivity index is 1.42. The first kappa shape index (κ1) is 22.5. The zero-order valence-electron chi connectivity index (χ0n) is 17.3. The second kappa shape index (κ2) is 10.2. The van der Waals surface area contributed by atoms with Crippen LogP contribution in [0.5, 0.6) is 0 Å². The Kier molecular flexibility index (Phi) is 7.38. The van der Waals surface area contributed by atoms with Gasteiger partial charge in [-0.25, -0.2) is 0 Å². The molecule has 31 heavy (non-hydrogen) atoms. The number of hydrogen-bond donors (Lipinski definition) is 2. The summed E-state index contributed by atoms with van der Waals surface area (Å²) in [5.74, 6) is 0.390. The average Bonchev–Trinajstić information content (AvgIpc) is 2.79. The molecule has 0 saturated carbocycles. The lowest BCUT2D eigenvalue weighted by molar-refractivity contribution is -0.137. The summed E-state index contributed by atoms with van der Waals surface area (Å²) in [6.07, 6.45) is -4.35. The first-order valence-corrected chi connectivity index (χ1v) is 10.1. The lowest BCUT2D eigenvalue weighted by Crippen LogP contribution is -2.52. The number of benzene rings is 2. The number of rotatable bonds is 5. The molecule has 0 aromatic heterocycles. The monoisotopic (exact) mass is 433 g/mol. The van der Waals surface area contributed by atoms with Crippen molar-refractivity contribution in [3.63, 3.8) is 0 Å². The maximum atomic E-state index is 12.6. The molecule has 2 aromatic rings. The molecule has 0 radical (unpaired) electrons. The SMILES string of the molecule is CN=C(NCC(=O)N1CCN(c2ccccc2)CC1)NCc1ccc(C(F)(F)F)cc1. The first-order valence-electron chi connectivity index (χ1n) is 10.1. The molecule has 9 heteroatoms. The van der Waals surface area contributed by atoms with Crippen LogP contribution >= 0.6 is 0 Å². The number of halogens is 3. The van der Waals surface area contributed by atoms with Crippen molar-refractivity contribution in [1.82, 2.24) is 15.5 Å². The van der Waals surface area contributed by atoms with Gasteiger partial charge in [-0.15, -0.1) is 0 Å². The molecule has 0 bridgehead atoms. The predicted molar refractivity (Wildman–Crippen MR) is 115 cm³/mol. The minimum absolute atomic E-state index is 0.0230. The van der Waals surface area contributed by atoms with E-state index in [0.29, 0.717) is 31.2 Å². The molecule has 166 valence electrons. The molecule has 2 N–H and O–H groups in total. The molecular formula is C22H26F3N5O. The van der Waals surface area contributed by atoms with Gasteiger partial charge in [0.1, 0.15) is 0 Å². The molecule has 2 aromatic carbocycles. The van der Waals surface area contributed by atoms with Crippen LogP contribution in [0.25, 0.3) is 0 Å². The highest BCUT2D eigenvalue weighted by Crippen LogP contribution is 2.29. The minimum Gasteiger partial charge on any atom is -0.368 e. The Labute approximate surface area is 179 Å². The number of guanidine groups is 1. The van der Waals surface area contributed by atoms with Gasteiger partial charge < -0.3 is 20.4 Å². The van der Waals surface area contributed by atoms with Crippen LogP contribution in [-0.2, 0) is 17.5 Å². The number of piperazine rings is 1. The normalized spacial score (nSPS) is 15.0. The maximum absolute atomic E-state index is 12.6. The number of nitrogens with zero attached hydrogens (tertiary/aromatic N) is 3. The van der Waals surface area contributed by atoms with Crippen LogP contribution in [0.4, 0.5) is 18.9 Å². The zero-order chi connectivity index (χ0) is 22.3. The second-order valence-electron chi connectivity index (χ2n) is 7.18. The number of aliphatic imine (C=N–C) groups is 1. The van der Waals surface area contributed by atoms with Crippen LogP contribution in [0, 0.1) is 0 Å². The third-order valence-electron chi connectivity index (χ3n) is 5.13. The summed E-state index contributed by atoms with van der Waals surface area (Å²) in [5.41, 5.74) is 1.15. The maximum Gasteiger partial charge on any atom is 0.416 e. The zero-order valence-corrected chi connectivity index (χ0v) is 17.3. The fraction of sp³-hybridized carbons (Fsp3) is 0.364. The summed E-state index contributed by atoms with van der Waals surface area (Å²) in [6.45, 7) is 3.23. The number of amides is 1. The highest BCUT2D eigenvalue weighted by molar-refractivity contribution is 5.86. The standard InChI is InChI=1S/C22H26F3N5O/c1-26-21(27-15-17-7-9-18(10-8-17)22(23,24)25)28-16-20(31)30-13-11-29(12-14-30)19-5-3-2-4-6-19/h2-10H,11-16H2,1H3,(H2,26,27,28). The molecule has 0 aliphatic carbocycles. The highest BCUT2D eigenvalue weighted by atomic mass is 19.4. The Morgan fingerprint density at radius 2 is 1.61 bits per heavy atom. The molecule has 3 rings (SSSR count). The van der Waals surface area contributed by atoms with Crippen LogP contribution in [-0.4, -0.2) is 56.5 Å². The van der Waals surface area contributed by atoms with Crippen molar-refractivity contribution in [2.75, 3.05) is 44.7 Å². The van der Waals surface area contributed by atoms with Crippen molar-refractivity contribution in [3.8, 4) is 0 Å². The molecule has 1 aliphatic rings. The van der Waals surface area contributed by atoms with Crippen LogP contribution in [0.1, 0.15) is 11.1 Å². The number of carbonyl (C=O) groups excluding carboxylic acids is 1. The Bertz CT molecular complexity index is 876. The molecule has 1 heterocycles. The van der Waals surface area contributed by atoms with Crippen molar-refractivity contribution in [1.29, 1.82) is 0 Å². The van der Waals surface area contributed by atoms with Gasteiger partial charge in [0, 0.05) is 45.5 Å². The Morgan fingerprint density at radius 1 is 0.968 bits per heavy atom. The van der Waals surface area contributed by atoms with E-state index in [0.717, 1.165) is 30.9 Å². The number of carbonyl (C=O) groups is 1.